The lowest BCUT2D eigenvalue weighted by atomic mass is 10.1. The number of pyridine rings is 1. The fourth-order valence-electron chi connectivity index (χ4n) is 2.22. The van der Waals surface area contributed by atoms with Crippen LogP contribution < -0.4 is 10.9 Å². The molecule has 0 spiro atoms. The highest BCUT2D eigenvalue weighted by molar-refractivity contribution is 6.31. The smallest absolute Gasteiger partial charge is 0.255 e. The molecule has 0 aliphatic heterocycles. The maximum absolute atomic E-state index is 12.2. The van der Waals surface area contributed by atoms with E-state index >= 15 is 0 Å². The van der Waals surface area contributed by atoms with Crippen LogP contribution in [0.15, 0.2) is 53.3 Å². The van der Waals surface area contributed by atoms with Crippen molar-refractivity contribution in [3.05, 3.63) is 75.0 Å². The number of carbonyl (C=O) groups excluding carboxylic acids is 1. The monoisotopic (exact) mass is 312 g/mol. The Kier molecular flexibility index (Phi) is 3.69. The van der Waals surface area contributed by atoms with Gasteiger partial charge in [0.05, 0.1) is 5.52 Å². The van der Waals surface area contributed by atoms with Crippen LogP contribution in [0.4, 0.5) is 5.69 Å². The van der Waals surface area contributed by atoms with Gasteiger partial charge in [-0.1, -0.05) is 23.7 Å². The highest BCUT2D eigenvalue weighted by Crippen LogP contribution is 2.18. The molecule has 3 aromatic rings. The molecule has 0 fully saturated rings. The predicted molar refractivity (Wildman–Crippen MR) is 88.7 cm³/mol. The SMILES string of the molecule is Cc1cc2ccc(NC(=O)c3cccc(Cl)c3)cc2[nH]c1=O. The van der Waals surface area contributed by atoms with E-state index in [0.717, 1.165) is 5.39 Å². The minimum absolute atomic E-state index is 0.134. The number of hydrogen-bond donors (Lipinski definition) is 2. The van der Waals surface area contributed by atoms with Gasteiger partial charge in [0.2, 0.25) is 0 Å². The summed E-state index contributed by atoms with van der Waals surface area (Å²) in [5.41, 5.74) is 2.29. The van der Waals surface area contributed by atoms with Crippen LogP contribution in [0.25, 0.3) is 10.9 Å². The molecule has 1 amide bonds. The fourth-order valence-corrected chi connectivity index (χ4v) is 2.41. The zero-order chi connectivity index (χ0) is 15.7. The van der Waals surface area contributed by atoms with Crippen LogP contribution in [0, 0.1) is 6.92 Å². The third-order valence-electron chi connectivity index (χ3n) is 3.38. The second-order valence-electron chi connectivity index (χ2n) is 5.05. The van der Waals surface area contributed by atoms with E-state index in [0.29, 0.717) is 27.4 Å². The van der Waals surface area contributed by atoms with Gasteiger partial charge in [-0.15, -0.1) is 0 Å². The van der Waals surface area contributed by atoms with Gasteiger partial charge >= 0.3 is 0 Å². The number of fused-ring (bicyclic) bond motifs is 1. The van der Waals surface area contributed by atoms with Gasteiger partial charge in [0.1, 0.15) is 0 Å². The lowest BCUT2D eigenvalue weighted by Gasteiger charge is -2.07. The molecular formula is C17H13ClN2O2. The average molecular weight is 313 g/mol. The van der Waals surface area contributed by atoms with Crippen molar-refractivity contribution < 1.29 is 4.79 Å². The number of carbonyl (C=O) groups is 1. The molecule has 4 nitrogen and oxygen atoms in total. The second kappa shape index (κ2) is 5.66. The van der Waals surface area contributed by atoms with Crippen LogP contribution >= 0.6 is 11.6 Å². The molecule has 0 saturated carbocycles. The zero-order valence-electron chi connectivity index (χ0n) is 11.8. The highest BCUT2D eigenvalue weighted by atomic mass is 35.5. The molecule has 110 valence electrons. The number of halogens is 1. The van der Waals surface area contributed by atoms with Gasteiger partial charge < -0.3 is 10.3 Å². The van der Waals surface area contributed by atoms with Crippen LogP contribution in [0.5, 0.6) is 0 Å². The first-order valence-corrected chi connectivity index (χ1v) is 7.11. The quantitative estimate of drug-likeness (QED) is 0.757. The summed E-state index contributed by atoms with van der Waals surface area (Å²) in [6, 6.07) is 13.9. The summed E-state index contributed by atoms with van der Waals surface area (Å²) >= 11 is 5.88. The molecule has 22 heavy (non-hydrogen) atoms. The van der Waals surface area contributed by atoms with Gasteiger partial charge in [-0.05, 0) is 48.7 Å². The summed E-state index contributed by atoms with van der Waals surface area (Å²) < 4.78 is 0. The number of aromatic nitrogens is 1. The first-order chi connectivity index (χ1) is 10.5. The Bertz CT molecular complexity index is 931. The molecule has 2 N–H and O–H groups in total. The van der Waals surface area contributed by atoms with E-state index in [1.54, 1.807) is 43.3 Å². The van der Waals surface area contributed by atoms with Crippen molar-refractivity contribution in [1.29, 1.82) is 0 Å². The van der Waals surface area contributed by atoms with E-state index in [2.05, 4.69) is 10.3 Å². The van der Waals surface area contributed by atoms with Crippen molar-refractivity contribution in [2.45, 2.75) is 6.92 Å². The Hall–Kier alpha value is -2.59. The van der Waals surface area contributed by atoms with Crippen molar-refractivity contribution in [2.75, 3.05) is 5.32 Å². The molecule has 0 radical (unpaired) electrons. The molecule has 3 rings (SSSR count). The summed E-state index contributed by atoms with van der Waals surface area (Å²) in [7, 11) is 0. The summed E-state index contributed by atoms with van der Waals surface area (Å²) in [5, 5.41) is 4.21. The first-order valence-electron chi connectivity index (χ1n) is 6.73. The van der Waals surface area contributed by atoms with Gasteiger partial charge in [-0.2, -0.15) is 0 Å². The van der Waals surface area contributed by atoms with Gasteiger partial charge in [-0.25, -0.2) is 0 Å². The van der Waals surface area contributed by atoms with Crippen LogP contribution in [-0.2, 0) is 0 Å². The molecule has 0 aliphatic rings. The van der Waals surface area contributed by atoms with Crippen molar-refractivity contribution in [3.63, 3.8) is 0 Å². The number of H-pyrrole nitrogens is 1. The normalized spacial score (nSPS) is 10.6. The maximum atomic E-state index is 12.2. The van der Waals surface area contributed by atoms with E-state index in [1.165, 1.54) is 0 Å². The second-order valence-corrected chi connectivity index (χ2v) is 5.48. The molecule has 0 saturated heterocycles. The van der Waals surface area contributed by atoms with Gasteiger partial charge in [0.25, 0.3) is 11.5 Å². The summed E-state index contributed by atoms with van der Waals surface area (Å²) in [6.45, 7) is 1.76. The van der Waals surface area contributed by atoms with Crippen molar-refractivity contribution >= 4 is 34.1 Å². The van der Waals surface area contributed by atoms with E-state index in [-0.39, 0.29) is 11.5 Å². The van der Waals surface area contributed by atoms with Crippen LogP contribution in [0.2, 0.25) is 5.02 Å². The van der Waals surface area contributed by atoms with E-state index in [9.17, 15) is 9.59 Å². The van der Waals surface area contributed by atoms with Crippen LogP contribution in [0.3, 0.4) is 0 Å². The Labute approximate surface area is 131 Å². The lowest BCUT2D eigenvalue weighted by Crippen LogP contribution is -2.12. The van der Waals surface area contributed by atoms with E-state index in [4.69, 9.17) is 11.6 Å². The molecule has 1 heterocycles. The van der Waals surface area contributed by atoms with E-state index < -0.39 is 0 Å². The Morgan fingerprint density at radius 1 is 1.14 bits per heavy atom. The van der Waals surface area contributed by atoms with E-state index in [1.807, 2.05) is 12.1 Å². The number of anilines is 1. The molecule has 0 bridgehead atoms. The number of aromatic amines is 1. The molecule has 0 unspecified atom stereocenters. The fraction of sp³-hybridized carbons (Fsp3) is 0.0588. The molecule has 2 aromatic carbocycles. The third kappa shape index (κ3) is 2.87. The molecule has 0 atom stereocenters. The van der Waals surface area contributed by atoms with Gasteiger partial charge in [0, 0.05) is 21.8 Å². The number of aryl methyl sites for hydroxylation is 1. The van der Waals surface area contributed by atoms with Crippen molar-refractivity contribution in [3.8, 4) is 0 Å². The molecule has 1 aromatic heterocycles. The first kappa shape index (κ1) is 14.4. The van der Waals surface area contributed by atoms with Crippen LogP contribution in [-0.4, -0.2) is 10.9 Å². The Balaban J connectivity index is 1.92. The number of nitrogens with one attached hydrogen (secondary N) is 2. The predicted octanol–water partition coefficient (Wildman–Crippen LogP) is 3.74. The minimum atomic E-state index is -0.253. The Morgan fingerprint density at radius 3 is 2.73 bits per heavy atom. The van der Waals surface area contributed by atoms with Gasteiger partial charge in [-0.3, -0.25) is 9.59 Å². The number of hydrogen-bond acceptors (Lipinski definition) is 2. The Morgan fingerprint density at radius 2 is 1.95 bits per heavy atom. The number of amides is 1. The summed E-state index contributed by atoms with van der Waals surface area (Å²) in [5.74, 6) is -0.253. The topological polar surface area (TPSA) is 62.0 Å². The maximum Gasteiger partial charge on any atom is 0.255 e. The van der Waals surface area contributed by atoms with Crippen molar-refractivity contribution in [2.24, 2.45) is 0 Å². The summed E-state index contributed by atoms with van der Waals surface area (Å²) in [4.78, 5) is 26.6. The minimum Gasteiger partial charge on any atom is -0.322 e. The van der Waals surface area contributed by atoms with Crippen molar-refractivity contribution in [1.82, 2.24) is 4.98 Å². The third-order valence-corrected chi connectivity index (χ3v) is 3.61. The zero-order valence-corrected chi connectivity index (χ0v) is 12.6. The standard InChI is InChI=1S/C17H13ClN2O2/c1-10-7-11-5-6-14(9-15(11)20-16(10)21)19-17(22)12-3-2-4-13(18)8-12/h2-9H,1H3,(H,19,22)(H,20,21). The highest BCUT2D eigenvalue weighted by Gasteiger charge is 2.07. The van der Waals surface area contributed by atoms with Gasteiger partial charge in [0.15, 0.2) is 0 Å². The molecule has 5 heteroatoms. The number of rotatable bonds is 2. The average Bonchev–Trinajstić information content (AvgIpc) is 2.49. The number of benzene rings is 2. The molecule has 0 aliphatic carbocycles. The lowest BCUT2D eigenvalue weighted by molar-refractivity contribution is 0.102. The summed E-state index contributed by atoms with van der Waals surface area (Å²) in [6.07, 6.45) is 0. The largest absolute Gasteiger partial charge is 0.322 e. The van der Waals surface area contributed by atoms with Crippen LogP contribution in [0.1, 0.15) is 15.9 Å². The molecular weight excluding hydrogens is 300 g/mol.